The van der Waals surface area contributed by atoms with Crippen LogP contribution in [-0.2, 0) is 0 Å². The van der Waals surface area contributed by atoms with Gasteiger partial charge in [-0.05, 0) is 37.3 Å². The van der Waals surface area contributed by atoms with E-state index in [1.807, 2.05) is 18.2 Å². The van der Waals surface area contributed by atoms with Crippen LogP contribution in [0.15, 0.2) is 64.8 Å². The molecule has 1 saturated heterocycles. The van der Waals surface area contributed by atoms with E-state index >= 15 is 0 Å². The molecule has 2 heterocycles. The number of hydrogen-bond acceptors (Lipinski definition) is 6. The molecule has 28 heavy (non-hydrogen) atoms. The third kappa shape index (κ3) is 4.18. The Morgan fingerprint density at radius 2 is 1.68 bits per heavy atom. The van der Waals surface area contributed by atoms with Crippen molar-refractivity contribution in [2.24, 2.45) is 0 Å². The fourth-order valence-electron chi connectivity index (χ4n) is 3.27. The van der Waals surface area contributed by atoms with Crippen LogP contribution in [0.25, 0.3) is 0 Å². The summed E-state index contributed by atoms with van der Waals surface area (Å²) in [5, 5.41) is 1.56. The zero-order valence-corrected chi connectivity index (χ0v) is 17.2. The molecule has 0 spiro atoms. The summed E-state index contributed by atoms with van der Waals surface area (Å²) in [4.78, 5) is 14.6. The number of halogens is 1. The van der Waals surface area contributed by atoms with Gasteiger partial charge in [0.15, 0.2) is 5.82 Å². The lowest BCUT2D eigenvalue weighted by molar-refractivity contribution is 0.646. The molecule has 5 nitrogen and oxygen atoms in total. The standard InChI is InChI=1S/C21H22ClN5S/c1-15-5-7-18(8-6-15)28-21-19(23)20(24-14-25-21)27-11-9-26(10-12-27)17-4-2-3-16(22)13-17/h2-8,13-14H,9-12,23H2,1H3. The number of benzene rings is 2. The first-order chi connectivity index (χ1) is 13.6. The number of hydrogen-bond donors (Lipinski definition) is 1. The molecule has 1 aliphatic heterocycles. The van der Waals surface area contributed by atoms with E-state index in [0.717, 1.165) is 52.6 Å². The van der Waals surface area contributed by atoms with Gasteiger partial charge in [0.2, 0.25) is 0 Å². The lowest BCUT2D eigenvalue weighted by Gasteiger charge is -2.37. The topological polar surface area (TPSA) is 58.3 Å². The van der Waals surface area contributed by atoms with Gasteiger partial charge in [-0.1, -0.05) is 47.1 Å². The van der Waals surface area contributed by atoms with Gasteiger partial charge >= 0.3 is 0 Å². The van der Waals surface area contributed by atoms with Gasteiger partial charge in [0.25, 0.3) is 0 Å². The minimum atomic E-state index is 0.643. The Labute approximate surface area is 174 Å². The van der Waals surface area contributed by atoms with Gasteiger partial charge in [-0.3, -0.25) is 0 Å². The van der Waals surface area contributed by atoms with Crippen molar-refractivity contribution >= 4 is 40.6 Å². The first-order valence-electron chi connectivity index (χ1n) is 9.20. The summed E-state index contributed by atoms with van der Waals surface area (Å²) in [5.74, 6) is 0.815. The number of aryl methyl sites for hydroxylation is 1. The van der Waals surface area contributed by atoms with Crippen molar-refractivity contribution in [2.75, 3.05) is 41.7 Å². The molecule has 0 atom stereocenters. The lowest BCUT2D eigenvalue weighted by atomic mass is 10.2. The van der Waals surface area contributed by atoms with Crippen LogP contribution in [0, 0.1) is 6.92 Å². The van der Waals surface area contributed by atoms with Gasteiger partial charge in [0.1, 0.15) is 17.0 Å². The molecule has 144 valence electrons. The third-order valence-electron chi connectivity index (χ3n) is 4.81. The molecule has 1 aliphatic rings. The van der Waals surface area contributed by atoms with Crippen LogP contribution in [0.2, 0.25) is 5.02 Å². The first kappa shape index (κ1) is 18.9. The molecule has 0 amide bonds. The maximum absolute atomic E-state index is 6.44. The average Bonchev–Trinajstić information content (AvgIpc) is 2.71. The number of nitrogen functional groups attached to an aromatic ring is 1. The molecule has 0 unspecified atom stereocenters. The molecule has 3 aromatic rings. The molecule has 1 fully saturated rings. The largest absolute Gasteiger partial charge is 0.394 e. The number of piperazine rings is 1. The Balaban J connectivity index is 1.47. The van der Waals surface area contributed by atoms with Gasteiger partial charge < -0.3 is 15.5 Å². The molecule has 0 radical (unpaired) electrons. The van der Waals surface area contributed by atoms with Gasteiger partial charge in [0, 0.05) is 41.8 Å². The van der Waals surface area contributed by atoms with Crippen molar-refractivity contribution in [1.82, 2.24) is 9.97 Å². The lowest BCUT2D eigenvalue weighted by Crippen LogP contribution is -2.47. The fraction of sp³-hybridized carbons (Fsp3) is 0.238. The number of aromatic nitrogens is 2. The highest BCUT2D eigenvalue weighted by molar-refractivity contribution is 7.99. The number of nitrogens with zero attached hydrogens (tertiary/aromatic N) is 4. The second-order valence-electron chi connectivity index (χ2n) is 6.79. The van der Waals surface area contributed by atoms with Crippen LogP contribution in [-0.4, -0.2) is 36.1 Å². The third-order valence-corrected chi connectivity index (χ3v) is 6.08. The van der Waals surface area contributed by atoms with Crippen molar-refractivity contribution in [3.63, 3.8) is 0 Å². The Morgan fingerprint density at radius 1 is 0.964 bits per heavy atom. The van der Waals surface area contributed by atoms with Crippen LogP contribution < -0.4 is 15.5 Å². The minimum absolute atomic E-state index is 0.643. The van der Waals surface area contributed by atoms with Crippen LogP contribution in [0.5, 0.6) is 0 Å². The summed E-state index contributed by atoms with van der Waals surface area (Å²) in [6.07, 6.45) is 1.60. The van der Waals surface area contributed by atoms with E-state index in [1.165, 1.54) is 5.56 Å². The van der Waals surface area contributed by atoms with E-state index in [0.29, 0.717) is 5.69 Å². The Hall–Kier alpha value is -2.44. The molecule has 7 heteroatoms. The highest BCUT2D eigenvalue weighted by Gasteiger charge is 2.22. The number of nitrogens with two attached hydrogens (primary N) is 1. The van der Waals surface area contributed by atoms with Crippen LogP contribution in [0.4, 0.5) is 17.2 Å². The van der Waals surface area contributed by atoms with Crippen molar-refractivity contribution < 1.29 is 0 Å². The molecule has 0 saturated carbocycles. The van der Waals surface area contributed by atoms with Crippen molar-refractivity contribution in [2.45, 2.75) is 16.8 Å². The summed E-state index contributed by atoms with van der Waals surface area (Å²) in [5.41, 5.74) is 9.47. The average molecular weight is 412 g/mol. The quantitative estimate of drug-likeness (QED) is 0.638. The fourth-order valence-corrected chi connectivity index (χ4v) is 4.25. The summed E-state index contributed by atoms with van der Waals surface area (Å²) in [7, 11) is 0. The van der Waals surface area contributed by atoms with Crippen LogP contribution in [0.3, 0.4) is 0 Å². The predicted octanol–water partition coefficient (Wildman–Crippen LogP) is 4.50. The molecule has 0 bridgehead atoms. The molecule has 4 rings (SSSR count). The monoisotopic (exact) mass is 411 g/mol. The van der Waals surface area contributed by atoms with Crippen molar-refractivity contribution in [3.05, 3.63) is 65.4 Å². The summed E-state index contributed by atoms with van der Waals surface area (Å²) in [6, 6.07) is 16.3. The van der Waals surface area contributed by atoms with Gasteiger partial charge in [-0.2, -0.15) is 0 Å². The van der Waals surface area contributed by atoms with E-state index in [9.17, 15) is 0 Å². The molecular weight excluding hydrogens is 390 g/mol. The molecule has 0 aliphatic carbocycles. The Kier molecular flexibility index (Phi) is 5.59. The highest BCUT2D eigenvalue weighted by atomic mass is 35.5. The van der Waals surface area contributed by atoms with E-state index in [2.05, 4.69) is 57.0 Å². The smallest absolute Gasteiger partial charge is 0.156 e. The highest BCUT2D eigenvalue weighted by Crippen LogP contribution is 2.35. The zero-order valence-electron chi connectivity index (χ0n) is 15.7. The van der Waals surface area contributed by atoms with Crippen molar-refractivity contribution in [3.8, 4) is 0 Å². The van der Waals surface area contributed by atoms with Crippen LogP contribution >= 0.6 is 23.4 Å². The van der Waals surface area contributed by atoms with Gasteiger partial charge in [-0.25, -0.2) is 9.97 Å². The van der Waals surface area contributed by atoms with Crippen LogP contribution in [0.1, 0.15) is 5.56 Å². The van der Waals surface area contributed by atoms with E-state index < -0.39 is 0 Å². The summed E-state index contributed by atoms with van der Waals surface area (Å²) < 4.78 is 0. The zero-order chi connectivity index (χ0) is 19.5. The number of rotatable bonds is 4. The SMILES string of the molecule is Cc1ccc(Sc2ncnc(N3CCN(c4cccc(Cl)c4)CC3)c2N)cc1. The molecule has 2 aromatic carbocycles. The van der Waals surface area contributed by atoms with E-state index in [1.54, 1.807) is 18.1 Å². The normalized spacial score (nSPS) is 14.4. The maximum atomic E-state index is 6.44. The van der Waals surface area contributed by atoms with E-state index in [4.69, 9.17) is 17.3 Å². The molecule has 1 aromatic heterocycles. The summed E-state index contributed by atoms with van der Waals surface area (Å²) >= 11 is 7.70. The molecule has 2 N–H and O–H groups in total. The summed E-state index contributed by atoms with van der Waals surface area (Å²) in [6.45, 7) is 5.56. The Morgan fingerprint density at radius 3 is 2.39 bits per heavy atom. The predicted molar refractivity (Wildman–Crippen MR) is 118 cm³/mol. The van der Waals surface area contributed by atoms with Gasteiger partial charge in [-0.15, -0.1) is 0 Å². The van der Waals surface area contributed by atoms with Gasteiger partial charge in [0.05, 0.1) is 0 Å². The molecular formula is C21H22ClN5S. The van der Waals surface area contributed by atoms with E-state index in [-0.39, 0.29) is 0 Å². The first-order valence-corrected chi connectivity index (χ1v) is 10.4. The second kappa shape index (κ2) is 8.29. The van der Waals surface area contributed by atoms with Crippen molar-refractivity contribution in [1.29, 1.82) is 0 Å². The number of anilines is 3. The minimum Gasteiger partial charge on any atom is -0.394 e. The Bertz CT molecular complexity index is 955. The second-order valence-corrected chi connectivity index (χ2v) is 8.28. The maximum Gasteiger partial charge on any atom is 0.156 e.